The number of nitrogens with one attached hydrogen (secondary N) is 1. The smallest absolute Gasteiger partial charge is 0.256 e. The average Bonchev–Trinajstić information content (AvgIpc) is 3.07. The summed E-state index contributed by atoms with van der Waals surface area (Å²) in [4.78, 5) is 12.5. The molecule has 0 spiro atoms. The third-order valence-electron chi connectivity index (χ3n) is 4.50. The summed E-state index contributed by atoms with van der Waals surface area (Å²) in [6.07, 6.45) is 6.68. The molecule has 1 saturated carbocycles. The zero-order valence-electron chi connectivity index (χ0n) is 14.6. The van der Waals surface area contributed by atoms with E-state index in [-0.39, 0.29) is 5.91 Å². The third-order valence-corrected chi connectivity index (χ3v) is 4.50. The molecule has 1 aromatic carbocycles. The van der Waals surface area contributed by atoms with Crippen molar-refractivity contribution in [1.29, 1.82) is 0 Å². The highest BCUT2D eigenvalue weighted by Crippen LogP contribution is 2.25. The van der Waals surface area contributed by atoms with Gasteiger partial charge in [-0.2, -0.15) is 0 Å². The maximum absolute atomic E-state index is 12.5. The molecular weight excluding hydrogens is 290 g/mol. The molecule has 0 unspecified atom stereocenters. The molecule has 1 aromatic rings. The van der Waals surface area contributed by atoms with E-state index in [1.54, 1.807) is 0 Å². The number of carbonyl (C=O) groups excluding carboxylic acids is 1. The van der Waals surface area contributed by atoms with Crippen LogP contribution in [0, 0.1) is 0 Å². The van der Waals surface area contributed by atoms with Crippen LogP contribution in [0.1, 0.15) is 59.3 Å². The second-order valence-electron chi connectivity index (χ2n) is 6.44. The van der Waals surface area contributed by atoms with Gasteiger partial charge in [-0.1, -0.05) is 13.8 Å². The van der Waals surface area contributed by atoms with Crippen molar-refractivity contribution in [2.75, 3.05) is 11.9 Å². The van der Waals surface area contributed by atoms with Gasteiger partial charge in [0.1, 0.15) is 11.4 Å². The molecule has 1 aliphatic carbocycles. The number of amides is 1. The fraction of sp³-hybridized carbons (Fsp3) is 0.632. The van der Waals surface area contributed by atoms with Gasteiger partial charge in [0.05, 0.1) is 6.10 Å². The van der Waals surface area contributed by atoms with Crippen LogP contribution >= 0.6 is 0 Å². The van der Waals surface area contributed by atoms with Gasteiger partial charge in [0.2, 0.25) is 0 Å². The zero-order valence-corrected chi connectivity index (χ0v) is 14.6. The van der Waals surface area contributed by atoms with Gasteiger partial charge in [-0.3, -0.25) is 4.79 Å². The summed E-state index contributed by atoms with van der Waals surface area (Å²) in [6, 6.07) is 7.62. The minimum Gasteiger partial charge on any atom is -0.490 e. The van der Waals surface area contributed by atoms with Crippen LogP contribution < -0.4 is 10.1 Å². The Kier molecular flexibility index (Phi) is 6.46. The molecule has 128 valence electrons. The van der Waals surface area contributed by atoms with Gasteiger partial charge in [0.15, 0.2) is 0 Å². The van der Waals surface area contributed by atoms with Crippen LogP contribution in [0.5, 0.6) is 5.75 Å². The number of rotatable bonds is 8. The van der Waals surface area contributed by atoms with Crippen LogP contribution in [0.2, 0.25) is 0 Å². The highest BCUT2D eigenvalue weighted by Gasteiger charge is 2.32. The maximum atomic E-state index is 12.5. The Morgan fingerprint density at radius 3 is 2.43 bits per heavy atom. The van der Waals surface area contributed by atoms with Gasteiger partial charge in [0.25, 0.3) is 5.91 Å². The molecule has 1 N–H and O–H groups in total. The minimum absolute atomic E-state index is 0.0992. The lowest BCUT2D eigenvalue weighted by molar-refractivity contribution is -0.139. The van der Waals surface area contributed by atoms with Crippen molar-refractivity contribution in [3.8, 4) is 5.75 Å². The number of hydrogen-bond acceptors (Lipinski definition) is 3. The van der Waals surface area contributed by atoms with Crippen LogP contribution in [-0.4, -0.2) is 24.2 Å². The van der Waals surface area contributed by atoms with E-state index in [1.165, 1.54) is 12.8 Å². The van der Waals surface area contributed by atoms with Crippen LogP contribution in [0.15, 0.2) is 24.3 Å². The van der Waals surface area contributed by atoms with Gasteiger partial charge in [-0.05, 0) is 69.7 Å². The predicted molar refractivity (Wildman–Crippen MR) is 92.9 cm³/mol. The van der Waals surface area contributed by atoms with E-state index < -0.39 is 5.60 Å². The maximum Gasteiger partial charge on any atom is 0.256 e. The number of anilines is 1. The second-order valence-corrected chi connectivity index (χ2v) is 6.44. The largest absolute Gasteiger partial charge is 0.490 e. The van der Waals surface area contributed by atoms with Gasteiger partial charge in [-0.15, -0.1) is 0 Å². The average molecular weight is 319 g/mol. The lowest BCUT2D eigenvalue weighted by atomic mass is 10.0. The van der Waals surface area contributed by atoms with Crippen LogP contribution in [0.25, 0.3) is 0 Å². The summed E-state index contributed by atoms with van der Waals surface area (Å²) < 4.78 is 11.7. The quantitative estimate of drug-likeness (QED) is 0.765. The summed E-state index contributed by atoms with van der Waals surface area (Å²) in [5, 5.41) is 2.94. The molecule has 23 heavy (non-hydrogen) atoms. The first kappa shape index (κ1) is 17.8. The van der Waals surface area contributed by atoms with Gasteiger partial charge < -0.3 is 14.8 Å². The van der Waals surface area contributed by atoms with Crippen LogP contribution in [0.3, 0.4) is 0 Å². The van der Waals surface area contributed by atoms with E-state index >= 15 is 0 Å². The molecule has 1 atom stereocenters. The Labute approximate surface area is 139 Å². The fourth-order valence-corrected chi connectivity index (χ4v) is 2.73. The normalized spacial score (nSPS) is 17.7. The lowest BCUT2D eigenvalue weighted by Gasteiger charge is -2.27. The molecule has 0 heterocycles. The molecule has 0 aliphatic heterocycles. The van der Waals surface area contributed by atoms with E-state index in [0.717, 1.165) is 30.7 Å². The minimum atomic E-state index is -0.783. The van der Waals surface area contributed by atoms with Crippen LogP contribution in [0.4, 0.5) is 5.69 Å². The number of carbonyl (C=O) groups is 1. The summed E-state index contributed by atoms with van der Waals surface area (Å²) in [5.41, 5.74) is -0.0109. The first-order valence-corrected chi connectivity index (χ1v) is 8.79. The predicted octanol–water partition coefficient (Wildman–Crippen LogP) is 4.54. The lowest BCUT2D eigenvalue weighted by Crippen LogP contribution is -2.42. The van der Waals surface area contributed by atoms with Crippen molar-refractivity contribution in [2.24, 2.45) is 0 Å². The summed E-state index contributed by atoms with van der Waals surface area (Å²) in [5.74, 6) is 0.772. The molecule has 0 radical (unpaired) electrons. The Morgan fingerprint density at radius 2 is 1.87 bits per heavy atom. The first-order valence-electron chi connectivity index (χ1n) is 8.79. The van der Waals surface area contributed by atoms with Crippen molar-refractivity contribution in [1.82, 2.24) is 0 Å². The summed E-state index contributed by atoms with van der Waals surface area (Å²) in [7, 11) is 0. The van der Waals surface area contributed by atoms with Crippen molar-refractivity contribution in [3.05, 3.63) is 24.3 Å². The van der Waals surface area contributed by atoms with Crippen molar-refractivity contribution >= 4 is 11.6 Å². The molecule has 4 heteroatoms. The Balaban J connectivity index is 1.92. The fourth-order valence-electron chi connectivity index (χ4n) is 2.73. The highest BCUT2D eigenvalue weighted by molar-refractivity contribution is 5.97. The third kappa shape index (κ3) is 4.96. The first-order chi connectivity index (χ1) is 11.1. The standard InChI is InChI=1S/C19H29NO3/c1-4-14-22-19(3,5-2)18(21)20-15-10-12-17(13-11-15)23-16-8-6-7-9-16/h10-13,16H,4-9,14H2,1-3H3,(H,20,21)/t19-/m1/s1. The molecule has 4 nitrogen and oxygen atoms in total. The van der Waals surface area contributed by atoms with E-state index in [1.807, 2.05) is 45.0 Å². The molecule has 1 amide bonds. The van der Waals surface area contributed by atoms with E-state index in [9.17, 15) is 4.79 Å². The molecule has 0 bridgehead atoms. The van der Waals surface area contributed by atoms with Crippen LogP contribution in [-0.2, 0) is 9.53 Å². The Bertz CT molecular complexity index is 494. The number of benzene rings is 1. The molecule has 2 rings (SSSR count). The molecule has 0 saturated heterocycles. The van der Waals surface area contributed by atoms with Gasteiger partial charge in [0, 0.05) is 12.3 Å². The van der Waals surface area contributed by atoms with Gasteiger partial charge >= 0.3 is 0 Å². The molecule has 1 aliphatic rings. The zero-order chi connectivity index (χ0) is 16.7. The summed E-state index contributed by atoms with van der Waals surface area (Å²) in [6.45, 7) is 6.44. The van der Waals surface area contributed by atoms with Crippen molar-refractivity contribution in [3.63, 3.8) is 0 Å². The molecular formula is C19H29NO3. The monoisotopic (exact) mass is 319 g/mol. The molecule has 1 fully saturated rings. The van der Waals surface area contributed by atoms with Gasteiger partial charge in [-0.25, -0.2) is 0 Å². The van der Waals surface area contributed by atoms with E-state index in [4.69, 9.17) is 9.47 Å². The topological polar surface area (TPSA) is 47.6 Å². The van der Waals surface area contributed by atoms with E-state index in [0.29, 0.717) is 19.1 Å². The summed E-state index contributed by atoms with van der Waals surface area (Å²) >= 11 is 0. The SMILES string of the molecule is CCCO[C@](C)(CC)C(=O)Nc1ccc(OC2CCCC2)cc1. The highest BCUT2D eigenvalue weighted by atomic mass is 16.5. The Morgan fingerprint density at radius 1 is 1.22 bits per heavy atom. The van der Waals surface area contributed by atoms with Crippen molar-refractivity contribution in [2.45, 2.75) is 71.0 Å². The number of hydrogen-bond donors (Lipinski definition) is 1. The van der Waals surface area contributed by atoms with E-state index in [2.05, 4.69) is 5.32 Å². The second kappa shape index (κ2) is 8.34. The number of ether oxygens (including phenoxy) is 2. The molecule has 0 aromatic heterocycles. The Hall–Kier alpha value is -1.55. The van der Waals surface area contributed by atoms with Crippen molar-refractivity contribution < 1.29 is 14.3 Å².